The molecule has 19 heavy (non-hydrogen) atoms. The van der Waals surface area contributed by atoms with E-state index in [2.05, 4.69) is 17.2 Å². The molecule has 1 heterocycles. The summed E-state index contributed by atoms with van der Waals surface area (Å²) >= 11 is 7.36. The van der Waals surface area contributed by atoms with Gasteiger partial charge in [0.25, 0.3) is 0 Å². The van der Waals surface area contributed by atoms with Crippen LogP contribution in [0.4, 0.5) is 4.39 Å². The Balaban J connectivity index is 2.15. The molecule has 1 aromatic heterocycles. The van der Waals surface area contributed by atoms with Gasteiger partial charge in [-0.25, -0.2) is 4.39 Å². The molecule has 0 radical (unpaired) electrons. The highest BCUT2D eigenvalue weighted by Gasteiger charge is 2.15. The van der Waals surface area contributed by atoms with Gasteiger partial charge in [-0.05, 0) is 37.1 Å². The maximum absolute atomic E-state index is 13.9. The van der Waals surface area contributed by atoms with Gasteiger partial charge in [0.2, 0.25) is 0 Å². The van der Waals surface area contributed by atoms with E-state index in [4.69, 9.17) is 11.6 Å². The number of thiazole rings is 1. The van der Waals surface area contributed by atoms with E-state index in [0.29, 0.717) is 17.0 Å². The standard InChI is InChI=1S/C14H16ClFN2S/c1-2-5-18-13(14-8-17-9-19-14)6-10-3-4-11(15)7-12(10)16/h3-4,7-9,13,18H,2,5-6H2,1H3. The minimum absolute atomic E-state index is 0.100. The molecule has 1 N–H and O–H groups in total. The first-order chi connectivity index (χ1) is 9.20. The van der Waals surface area contributed by atoms with Crippen molar-refractivity contribution in [2.75, 3.05) is 6.54 Å². The minimum Gasteiger partial charge on any atom is -0.309 e. The third-order valence-electron chi connectivity index (χ3n) is 2.87. The van der Waals surface area contributed by atoms with E-state index >= 15 is 0 Å². The van der Waals surface area contributed by atoms with Crippen molar-refractivity contribution in [3.63, 3.8) is 0 Å². The van der Waals surface area contributed by atoms with E-state index in [1.54, 1.807) is 29.0 Å². The lowest BCUT2D eigenvalue weighted by molar-refractivity contribution is 0.518. The lowest BCUT2D eigenvalue weighted by atomic mass is 10.0. The van der Waals surface area contributed by atoms with Gasteiger partial charge < -0.3 is 5.32 Å². The largest absolute Gasteiger partial charge is 0.309 e. The summed E-state index contributed by atoms with van der Waals surface area (Å²) in [7, 11) is 0. The fraction of sp³-hybridized carbons (Fsp3) is 0.357. The summed E-state index contributed by atoms with van der Waals surface area (Å²) in [5.41, 5.74) is 2.47. The zero-order chi connectivity index (χ0) is 13.7. The Hall–Kier alpha value is -0.970. The van der Waals surface area contributed by atoms with Crippen molar-refractivity contribution < 1.29 is 4.39 Å². The van der Waals surface area contributed by atoms with Crippen LogP contribution in [0.3, 0.4) is 0 Å². The van der Waals surface area contributed by atoms with Crippen LogP contribution in [0.25, 0.3) is 0 Å². The Morgan fingerprint density at radius 3 is 2.95 bits per heavy atom. The van der Waals surface area contributed by atoms with Gasteiger partial charge in [0.15, 0.2) is 0 Å². The van der Waals surface area contributed by atoms with Crippen molar-refractivity contribution in [3.8, 4) is 0 Å². The number of hydrogen-bond donors (Lipinski definition) is 1. The lowest BCUT2D eigenvalue weighted by Gasteiger charge is -2.17. The second kappa shape index (κ2) is 6.98. The quantitative estimate of drug-likeness (QED) is 0.864. The minimum atomic E-state index is -0.250. The molecule has 1 unspecified atom stereocenters. The predicted molar refractivity (Wildman–Crippen MR) is 78.3 cm³/mol. The molecule has 2 nitrogen and oxygen atoms in total. The van der Waals surface area contributed by atoms with Crippen molar-refractivity contribution in [1.82, 2.24) is 10.3 Å². The summed E-state index contributed by atoms with van der Waals surface area (Å²) in [4.78, 5) is 5.22. The Kier molecular flexibility index (Phi) is 5.31. The number of nitrogens with one attached hydrogen (secondary N) is 1. The van der Waals surface area contributed by atoms with Crippen molar-refractivity contribution in [2.24, 2.45) is 0 Å². The van der Waals surface area contributed by atoms with Crippen LogP contribution in [0.15, 0.2) is 29.9 Å². The molecule has 0 aliphatic heterocycles. The van der Waals surface area contributed by atoms with Crippen LogP contribution in [0.1, 0.15) is 29.8 Å². The summed E-state index contributed by atoms with van der Waals surface area (Å²) in [6.07, 6.45) is 3.48. The van der Waals surface area contributed by atoms with Crippen molar-refractivity contribution in [2.45, 2.75) is 25.8 Å². The van der Waals surface area contributed by atoms with Crippen LogP contribution in [-0.4, -0.2) is 11.5 Å². The zero-order valence-electron chi connectivity index (χ0n) is 10.7. The fourth-order valence-corrected chi connectivity index (χ4v) is 2.75. The smallest absolute Gasteiger partial charge is 0.127 e. The molecule has 0 saturated carbocycles. The second-order valence-corrected chi connectivity index (χ2v) is 5.70. The Labute approximate surface area is 121 Å². The molecule has 0 aliphatic rings. The van der Waals surface area contributed by atoms with E-state index in [1.165, 1.54) is 6.07 Å². The van der Waals surface area contributed by atoms with Crippen LogP contribution < -0.4 is 5.32 Å². The Morgan fingerprint density at radius 2 is 2.32 bits per heavy atom. The first-order valence-electron chi connectivity index (χ1n) is 6.26. The van der Waals surface area contributed by atoms with Crippen LogP contribution in [0, 0.1) is 5.82 Å². The predicted octanol–water partition coefficient (Wildman–Crippen LogP) is 4.22. The molecule has 0 saturated heterocycles. The van der Waals surface area contributed by atoms with Gasteiger partial charge in [-0.2, -0.15) is 0 Å². The third kappa shape index (κ3) is 4.00. The van der Waals surface area contributed by atoms with Gasteiger partial charge in [0, 0.05) is 22.1 Å². The second-order valence-electron chi connectivity index (χ2n) is 4.35. The number of benzene rings is 1. The molecule has 102 valence electrons. The number of nitrogens with zero attached hydrogens (tertiary/aromatic N) is 1. The van der Waals surface area contributed by atoms with Crippen LogP contribution >= 0.6 is 22.9 Å². The monoisotopic (exact) mass is 298 g/mol. The molecule has 0 aliphatic carbocycles. The number of aromatic nitrogens is 1. The molecule has 2 rings (SSSR count). The molecular weight excluding hydrogens is 283 g/mol. The van der Waals surface area contributed by atoms with Gasteiger partial charge >= 0.3 is 0 Å². The van der Waals surface area contributed by atoms with E-state index in [1.807, 2.05) is 6.20 Å². The molecule has 5 heteroatoms. The van der Waals surface area contributed by atoms with Gasteiger partial charge in [0.05, 0.1) is 5.51 Å². The van der Waals surface area contributed by atoms with Crippen LogP contribution in [-0.2, 0) is 6.42 Å². The first-order valence-corrected chi connectivity index (χ1v) is 7.52. The maximum atomic E-state index is 13.9. The number of hydrogen-bond acceptors (Lipinski definition) is 3. The van der Waals surface area contributed by atoms with Crippen molar-refractivity contribution in [3.05, 3.63) is 51.2 Å². The fourth-order valence-electron chi connectivity index (χ4n) is 1.90. The van der Waals surface area contributed by atoms with Crippen LogP contribution in [0.2, 0.25) is 5.02 Å². The normalized spacial score (nSPS) is 12.6. The summed E-state index contributed by atoms with van der Waals surface area (Å²) < 4.78 is 13.9. The highest BCUT2D eigenvalue weighted by molar-refractivity contribution is 7.09. The summed E-state index contributed by atoms with van der Waals surface area (Å²) in [6.45, 7) is 3.01. The van der Waals surface area contributed by atoms with E-state index in [0.717, 1.165) is 17.8 Å². The molecule has 0 amide bonds. The van der Waals surface area contributed by atoms with E-state index < -0.39 is 0 Å². The highest BCUT2D eigenvalue weighted by Crippen LogP contribution is 2.24. The topological polar surface area (TPSA) is 24.9 Å². The molecular formula is C14H16ClFN2S. The molecule has 0 bridgehead atoms. The van der Waals surface area contributed by atoms with E-state index in [9.17, 15) is 4.39 Å². The van der Waals surface area contributed by atoms with Gasteiger partial charge in [-0.3, -0.25) is 4.98 Å². The molecule has 0 fully saturated rings. The maximum Gasteiger partial charge on any atom is 0.127 e. The van der Waals surface area contributed by atoms with Gasteiger partial charge in [0.1, 0.15) is 5.82 Å². The summed E-state index contributed by atoms with van der Waals surface area (Å²) in [5, 5.41) is 3.86. The third-order valence-corrected chi connectivity index (χ3v) is 4.00. The average Bonchev–Trinajstić information content (AvgIpc) is 2.90. The zero-order valence-corrected chi connectivity index (χ0v) is 12.3. The summed E-state index contributed by atoms with van der Waals surface area (Å²) in [5.74, 6) is -0.250. The lowest BCUT2D eigenvalue weighted by Crippen LogP contribution is -2.23. The molecule has 1 atom stereocenters. The Bertz CT molecular complexity index is 516. The van der Waals surface area contributed by atoms with Crippen molar-refractivity contribution in [1.29, 1.82) is 0 Å². The van der Waals surface area contributed by atoms with Gasteiger partial charge in [-0.1, -0.05) is 24.6 Å². The average molecular weight is 299 g/mol. The highest BCUT2D eigenvalue weighted by atomic mass is 35.5. The number of rotatable bonds is 6. The Morgan fingerprint density at radius 1 is 1.47 bits per heavy atom. The van der Waals surface area contributed by atoms with Crippen molar-refractivity contribution >= 4 is 22.9 Å². The SMILES string of the molecule is CCCNC(Cc1ccc(Cl)cc1F)c1cncs1. The molecule has 1 aromatic carbocycles. The van der Waals surface area contributed by atoms with Crippen LogP contribution in [0.5, 0.6) is 0 Å². The first kappa shape index (κ1) is 14.4. The van der Waals surface area contributed by atoms with Gasteiger partial charge in [-0.15, -0.1) is 11.3 Å². The number of halogens is 2. The summed E-state index contributed by atoms with van der Waals surface area (Å²) in [6, 6.07) is 4.94. The van der Waals surface area contributed by atoms with E-state index in [-0.39, 0.29) is 11.9 Å². The molecule has 2 aromatic rings. The molecule has 0 spiro atoms.